The Morgan fingerprint density at radius 3 is 2.78 bits per heavy atom. The molecule has 2 N–H and O–H groups in total. The summed E-state index contributed by atoms with van der Waals surface area (Å²) < 4.78 is 0. The summed E-state index contributed by atoms with van der Waals surface area (Å²) in [6.45, 7) is 6.56. The maximum absolute atomic E-state index is 11.1. The Hall–Kier alpha value is -1.10. The molecule has 1 saturated carbocycles. The van der Waals surface area contributed by atoms with Crippen LogP contribution in [0.3, 0.4) is 0 Å². The van der Waals surface area contributed by atoms with Gasteiger partial charge >= 0.3 is 5.97 Å². The molecule has 0 saturated heterocycles. The largest absolute Gasteiger partial charge is 0.481 e. The molecule has 1 aliphatic carbocycles. The summed E-state index contributed by atoms with van der Waals surface area (Å²) in [6.07, 6.45) is 3.84. The molecule has 1 heterocycles. The first kappa shape index (κ1) is 13.3. The predicted octanol–water partition coefficient (Wildman–Crippen LogP) is 3.11. The van der Waals surface area contributed by atoms with Crippen molar-refractivity contribution < 1.29 is 9.90 Å². The van der Waals surface area contributed by atoms with Crippen LogP contribution in [-0.4, -0.2) is 22.6 Å². The van der Waals surface area contributed by atoms with Gasteiger partial charge in [-0.05, 0) is 32.1 Å². The molecule has 0 radical (unpaired) electrons. The summed E-state index contributed by atoms with van der Waals surface area (Å²) in [5.41, 5.74) is 0.103. The summed E-state index contributed by atoms with van der Waals surface area (Å²) in [5, 5.41) is 15.1. The molecule has 5 heteroatoms. The molecule has 0 amide bonds. The smallest absolute Gasteiger partial charge is 0.315 e. The van der Waals surface area contributed by atoms with E-state index < -0.39 is 11.4 Å². The lowest BCUT2D eigenvalue weighted by atomic mass is 9.70. The molecule has 0 bridgehead atoms. The minimum atomic E-state index is -0.920. The highest BCUT2D eigenvalue weighted by molar-refractivity contribution is 7.13. The number of carboxylic acids is 1. The van der Waals surface area contributed by atoms with Gasteiger partial charge in [0.1, 0.15) is 5.41 Å². The Bertz CT molecular complexity index is 450. The molecule has 100 valence electrons. The summed E-state index contributed by atoms with van der Waals surface area (Å²) in [4.78, 5) is 15.5. The van der Waals surface area contributed by atoms with Gasteiger partial charge in [-0.2, -0.15) is 0 Å². The number of nitrogens with zero attached hydrogens (tertiary/aromatic N) is 1. The first-order valence-electron chi connectivity index (χ1n) is 6.27. The first-order valence-corrected chi connectivity index (χ1v) is 7.15. The normalized spacial score (nSPS) is 18.2. The second kappa shape index (κ2) is 4.53. The van der Waals surface area contributed by atoms with Crippen LogP contribution in [0.4, 0.5) is 5.13 Å². The Morgan fingerprint density at radius 2 is 2.28 bits per heavy atom. The molecule has 0 unspecified atom stereocenters. The molecule has 2 rings (SSSR count). The van der Waals surface area contributed by atoms with Crippen LogP contribution in [0.2, 0.25) is 0 Å². The molecule has 1 aliphatic rings. The lowest BCUT2D eigenvalue weighted by Gasteiger charge is -2.38. The highest BCUT2D eigenvalue weighted by Gasteiger charge is 2.33. The number of carboxylic acid groups (broad SMARTS) is 1. The van der Waals surface area contributed by atoms with Crippen molar-refractivity contribution in [1.82, 2.24) is 4.98 Å². The second-order valence-electron chi connectivity index (χ2n) is 5.99. The van der Waals surface area contributed by atoms with Gasteiger partial charge < -0.3 is 10.4 Å². The summed E-state index contributed by atoms with van der Waals surface area (Å²) >= 11 is 1.48. The Kier molecular flexibility index (Phi) is 3.36. The topological polar surface area (TPSA) is 62.2 Å². The van der Waals surface area contributed by atoms with E-state index in [1.807, 2.05) is 5.38 Å². The van der Waals surface area contributed by atoms with Gasteiger partial charge in [0.15, 0.2) is 5.13 Å². The van der Waals surface area contributed by atoms with Crippen LogP contribution < -0.4 is 5.32 Å². The van der Waals surface area contributed by atoms with Crippen molar-refractivity contribution in [3.8, 4) is 0 Å². The zero-order chi connectivity index (χ0) is 13.4. The van der Waals surface area contributed by atoms with Gasteiger partial charge in [-0.15, -0.1) is 11.3 Å². The molecule has 1 aromatic heterocycles. The maximum Gasteiger partial charge on any atom is 0.315 e. The van der Waals surface area contributed by atoms with Gasteiger partial charge in [-0.3, -0.25) is 4.79 Å². The molecule has 18 heavy (non-hydrogen) atoms. The van der Waals surface area contributed by atoms with Crippen molar-refractivity contribution in [3.05, 3.63) is 11.1 Å². The molecule has 1 aromatic rings. The number of aromatic nitrogens is 1. The summed E-state index contributed by atoms with van der Waals surface area (Å²) in [6, 6.07) is 0. The first-order chi connectivity index (χ1) is 8.33. The molecule has 4 nitrogen and oxygen atoms in total. The minimum absolute atomic E-state index is 0.397. The van der Waals surface area contributed by atoms with Gasteiger partial charge in [0, 0.05) is 11.9 Å². The highest BCUT2D eigenvalue weighted by atomic mass is 32.1. The molecule has 1 fully saturated rings. The lowest BCUT2D eigenvalue weighted by Crippen LogP contribution is -2.33. The summed E-state index contributed by atoms with van der Waals surface area (Å²) in [5.74, 6) is -0.842. The second-order valence-corrected chi connectivity index (χ2v) is 6.84. The van der Waals surface area contributed by atoms with Gasteiger partial charge in [0.05, 0.1) is 5.69 Å². The van der Waals surface area contributed by atoms with Crippen LogP contribution in [0.15, 0.2) is 5.38 Å². The van der Waals surface area contributed by atoms with E-state index in [-0.39, 0.29) is 0 Å². The van der Waals surface area contributed by atoms with Crippen LogP contribution in [0.25, 0.3) is 0 Å². The minimum Gasteiger partial charge on any atom is -0.481 e. The number of nitrogens with one attached hydrogen (secondary N) is 1. The lowest BCUT2D eigenvalue weighted by molar-refractivity contribution is -0.142. The van der Waals surface area contributed by atoms with E-state index in [1.165, 1.54) is 30.6 Å². The number of thiazole rings is 1. The standard InChI is InChI=1S/C13H20N2O2S/c1-12(2,10(16)17)9-7-18-11(15-9)14-8-13(3)5-4-6-13/h7H,4-6,8H2,1-3H3,(H,14,15)(H,16,17). The van der Waals surface area contributed by atoms with E-state index in [0.717, 1.165) is 11.7 Å². The molecule has 0 spiro atoms. The van der Waals surface area contributed by atoms with Crippen molar-refractivity contribution in [1.29, 1.82) is 0 Å². The van der Waals surface area contributed by atoms with E-state index in [0.29, 0.717) is 11.1 Å². The number of hydrogen-bond donors (Lipinski definition) is 2. The molecular formula is C13H20N2O2S. The molecule has 0 aromatic carbocycles. The van der Waals surface area contributed by atoms with Crippen LogP contribution in [-0.2, 0) is 10.2 Å². The number of carbonyl (C=O) groups is 1. The van der Waals surface area contributed by atoms with Gasteiger partial charge in [-0.25, -0.2) is 4.98 Å². The Balaban J connectivity index is 2.00. The van der Waals surface area contributed by atoms with Crippen LogP contribution in [0.5, 0.6) is 0 Å². The number of anilines is 1. The fraction of sp³-hybridized carbons (Fsp3) is 0.692. The summed E-state index contributed by atoms with van der Waals surface area (Å²) in [7, 11) is 0. The van der Waals surface area contributed by atoms with Gasteiger partial charge in [0.25, 0.3) is 0 Å². The molecular weight excluding hydrogens is 248 g/mol. The number of aliphatic carboxylic acids is 1. The number of rotatable bonds is 5. The van der Waals surface area contributed by atoms with Gasteiger partial charge in [-0.1, -0.05) is 13.3 Å². The maximum atomic E-state index is 11.1. The zero-order valence-corrected chi connectivity index (χ0v) is 11.9. The van der Waals surface area contributed by atoms with E-state index in [4.69, 9.17) is 5.11 Å². The van der Waals surface area contributed by atoms with Crippen molar-refractivity contribution in [2.24, 2.45) is 5.41 Å². The quantitative estimate of drug-likeness (QED) is 0.861. The molecule has 0 atom stereocenters. The Morgan fingerprint density at radius 1 is 1.61 bits per heavy atom. The van der Waals surface area contributed by atoms with Crippen LogP contribution in [0.1, 0.15) is 45.7 Å². The van der Waals surface area contributed by atoms with Gasteiger partial charge in [0.2, 0.25) is 0 Å². The van der Waals surface area contributed by atoms with Crippen LogP contribution >= 0.6 is 11.3 Å². The Labute approximate surface area is 111 Å². The van der Waals surface area contributed by atoms with Crippen molar-refractivity contribution >= 4 is 22.4 Å². The SMILES string of the molecule is CC1(CNc2nc(C(C)(C)C(=O)O)cs2)CCC1. The average molecular weight is 268 g/mol. The van der Waals surface area contributed by atoms with E-state index >= 15 is 0 Å². The third-order valence-corrected chi connectivity index (χ3v) is 4.71. The van der Waals surface area contributed by atoms with E-state index in [2.05, 4.69) is 17.2 Å². The highest BCUT2D eigenvalue weighted by Crippen LogP contribution is 2.40. The van der Waals surface area contributed by atoms with E-state index in [1.54, 1.807) is 13.8 Å². The fourth-order valence-corrected chi connectivity index (χ4v) is 2.87. The monoisotopic (exact) mass is 268 g/mol. The number of hydrogen-bond acceptors (Lipinski definition) is 4. The molecule has 0 aliphatic heterocycles. The van der Waals surface area contributed by atoms with Crippen molar-refractivity contribution in [2.75, 3.05) is 11.9 Å². The predicted molar refractivity (Wildman–Crippen MR) is 73.2 cm³/mol. The fourth-order valence-electron chi connectivity index (χ4n) is 2.00. The third-order valence-electron chi connectivity index (χ3n) is 3.91. The third kappa shape index (κ3) is 2.51. The average Bonchev–Trinajstić information content (AvgIpc) is 2.72. The zero-order valence-electron chi connectivity index (χ0n) is 11.1. The van der Waals surface area contributed by atoms with Crippen molar-refractivity contribution in [2.45, 2.75) is 45.4 Å². The van der Waals surface area contributed by atoms with Crippen molar-refractivity contribution in [3.63, 3.8) is 0 Å². The van der Waals surface area contributed by atoms with Crippen LogP contribution in [0, 0.1) is 5.41 Å². The van der Waals surface area contributed by atoms with E-state index in [9.17, 15) is 4.79 Å².